The summed E-state index contributed by atoms with van der Waals surface area (Å²) in [7, 11) is 0. The van der Waals surface area contributed by atoms with Crippen molar-refractivity contribution in [3.05, 3.63) is 18.7 Å². The molecule has 4 nitrogen and oxygen atoms in total. The Morgan fingerprint density at radius 3 is 3.00 bits per heavy atom. The van der Waals surface area contributed by atoms with Crippen molar-refractivity contribution in [2.24, 2.45) is 11.7 Å². The second kappa shape index (κ2) is 6.90. The molecule has 2 atom stereocenters. The SMILES string of the molecule is CCN(CCCn1ccnc1)C1CCCC1CN. The number of aromatic nitrogens is 2. The third-order valence-electron chi connectivity index (χ3n) is 4.22. The molecular weight excluding hydrogens is 224 g/mol. The van der Waals surface area contributed by atoms with Crippen molar-refractivity contribution in [3.8, 4) is 0 Å². The lowest BCUT2D eigenvalue weighted by molar-refractivity contribution is 0.166. The van der Waals surface area contributed by atoms with Crippen LogP contribution in [-0.4, -0.2) is 40.1 Å². The van der Waals surface area contributed by atoms with Gasteiger partial charge in [0.15, 0.2) is 0 Å². The van der Waals surface area contributed by atoms with Crippen molar-refractivity contribution in [1.82, 2.24) is 14.5 Å². The molecule has 1 saturated carbocycles. The molecule has 0 bridgehead atoms. The highest BCUT2D eigenvalue weighted by Gasteiger charge is 2.29. The molecule has 18 heavy (non-hydrogen) atoms. The first kappa shape index (κ1) is 13.6. The zero-order valence-corrected chi connectivity index (χ0v) is 11.5. The molecule has 0 amide bonds. The van der Waals surface area contributed by atoms with E-state index in [9.17, 15) is 0 Å². The fourth-order valence-corrected chi connectivity index (χ4v) is 3.21. The quantitative estimate of drug-likeness (QED) is 0.801. The maximum Gasteiger partial charge on any atom is 0.0945 e. The van der Waals surface area contributed by atoms with E-state index in [4.69, 9.17) is 5.73 Å². The third-order valence-corrected chi connectivity index (χ3v) is 4.22. The van der Waals surface area contributed by atoms with Crippen molar-refractivity contribution < 1.29 is 0 Å². The molecule has 1 aliphatic carbocycles. The molecule has 1 fully saturated rings. The van der Waals surface area contributed by atoms with Gasteiger partial charge in [0.2, 0.25) is 0 Å². The van der Waals surface area contributed by atoms with Crippen LogP contribution in [0.4, 0.5) is 0 Å². The Hall–Kier alpha value is -0.870. The number of aryl methyl sites for hydroxylation is 1. The van der Waals surface area contributed by atoms with E-state index in [1.165, 1.54) is 32.2 Å². The van der Waals surface area contributed by atoms with E-state index >= 15 is 0 Å². The Morgan fingerprint density at radius 2 is 2.33 bits per heavy atom. The van der Waals surface area contributed by atoms with Crippen LogP contribution in [0.5, 0.6) is 0 Å². The highest BCUT2D eigenvalue weighted by molar-refractivity contribution is 4.85. The topological polar surface area (TPSA) is 47.1 Å². The smallest absolute Gasteiger partial charge is 0.0945 e. The molecule has 2 unspecified atom stereocenters. The summed E-state index contributed by atoms with van der Waals surface area (Å²) in [5.41, 5.74) is 5.88. The lowest BCUT2D eigenvalue weighted by Gasteiger charge is -2.31. The lowest BCUT2D eigenvalue weighted by atomic mass is 10.0. The molecule has 102 valence electrons. The van der Waals surface area contributed by atoms with E-state index in [0.717, 1.165) is 31.6 Å². The van der Waals surface area contributed by atoms with E-state index in [1.807, 2.05) is 18.7 Å². The lowest BCUT2D eigenvalue weighted by Crippen LogP contribution is -2.41. The molecule has 0 saturated heterocycles. The van der Waals surface area contributed by atoms with Gasteiger partial charge in [0.1, 0.15) is 0 Å². The van der Waals surface area contributed by atoms with Crippen LogP contribution >= 0.6 is 0 Å². The minimum absolute atomic E-state index is 0.721. The van der Waals surface area contributed by atoms with Gasteiger partial charge in [-0.15, -0.1) is 0 Å². The minimum atomic E-state index is 0.721. The fraction of sp³-hybridized carbons (Fsp3) is 0.786. The number of imidazole rings is 1. The monoisotopic (exact) mass is 250 g/mol. The van der Waals surface area contributed by atoms with Crippen LogP contribution in [0.1, 0.15) is 32.6 Å². The van der Waals surface area contributed by atoms with Gasteiger partial charge in [-0.25, -0.2) is 4.98 Å². The Morgan fingerprint density at radius 1 is 1.44 bits per heavy atom. The van der Waals surface area contributed by atoms with Crippen LogP contribution in [0.3, 0.4) is 0 Å². The number of nitrogens with zero attached hydrogens (tertiary/aromatic N) is 3. The average molecular weight is 250 g/mol. The van der Waals surface area contributed by atoms with Gasteiger partial charge in [0.25, 0.3) is 0 Å². The molecule has 0 spiro atoms. The third kappa shape index (κ3) is 3.33. The first-order valence-electron chi connectivity index (χ1n) is 7.25. The summed E-state index contributed by atoms with van der Waals surface area (Å²) in [6, 6.07) is 0.725. The van der Waals surface area contributed by atoms with Crippen molar-refractivity contribution >= 4 is 0 Å². The maximum absolute atomic E-state index is 5.88. The number of nitrogens with two attached hydrogens (primary N) is 1. The van der Waals surface area contributed by atoms with Crippen molar-refractivity contribution in [1.29, 1.82) is 0 Å². The number of hydrogen-bond acceptors (Lipinski definition) is 3. The predicted octanol–water partition coefficient (Wildman–Crippen LogP) is 1.72. The molecule has 0 radical (unpaired) electrons. The number of hydrogen-bond donors (Lipinski definition) is 1. The van der Waals surface area contributed by atoms with Crippen LogP contribution in [0, 0.1) is 5.92 Å². The van der Waals surface area contributed by atoms with Gasteiger partial charge >= 0.3 is 0 Å². The zero-order chi connectivity index (χ0) is 12.8. The van der Waals surface area contributed by atoms with Gasteiger partial charge in [0, 0.05) is 31.5 Å². The molecule has 1 aliphatic rings. The Kier molecular flexibility index (Phi) is 5.20. The summed E-state index contributed by atoms with van der Waals surface area (Å²) < 4.78 is 2.16. The van der Waals surface area contributed by atoms with Crippen molar-refractivity contribution in [2.75, 3.05) is 19.6 Å². The first-order valence-corrected chi connectivity index (χ1v) is 7.25. The van der Waals surface area contributed by atoms with Crippen molar-refractivity contribution in [2.45, 2.75) is 45.2 Å². The van der Waals surface area contributed by atoms with Gasteiger partial charge < -0.3 is 15.2 Å². The molecule has 2 N–H and O–H groups in total. The standard InChI is InChI=1S/C14H26N4/c1-2-18(14-6-3-5-13(14)11-15)9-4-8-17-10-7-16-12-17/h7,10,12-14H,2-6,8-9,11,15H2,1H3. The van der Waals surface area contributed by atoms with Gasteiger partial charge in [0.05, 0.1) is 6.33 Å². The summed E-state index contributed by atoms with van der Waals surface area (Å²) in [5.74, 6) is 0.721. The summed E-state index contributed by atoms with van der Waals surface area (Å²) in [5, 5.41) is 0. The van der Waals surface area contributed by atoms with Gasteiger partial charge in [-0.05, 0) is 38.3 Å². The van der Waals surface area contributed by atoms with Crippen molar-refractivity contribution in [3.63, 3.8) is 0 Å². The second-order valence-corrected chi connectivity index (χ2v) is 5.28. The van der Waals surface area contributed by atoms with E-state index in [-0.39, 0.29) is 0 Å². The molecule has 1 heterocycles. The summed E-state index contributed by atoms with van der Waals surface area (Å²) in [6.45, 7) is 6.50. The summed E-state index contributed by atoms with van der Waals surface area (Å²) in [4.78, 5) is 6.70. The van der Waals surface area contributed by atoms with Crippen LogP contribution in [0.15, 0.2) is 18.7 Å². The van der Waals surface area contributed by atoms with Gasteiger partial charge in [-0.3, -0.25) is 0 Å². The molecule has 1 aromatic rings. The molecular formula is C14H26N4. The van der Waals surface area contributed by atoms with E-state index < -0.39 is 0 Å². The Balaban J connectivity index is 1.78. The fourth-order valence-electron chi connectivity index (χ4n) is 3.21. The van der Waals surface area contributed by atoms with E-state index in [2.05, 4.69) is 21.4 Å². The summed E-state index contributed by atoms with van der Waals surface area (Å²) in [6.07, 6.45) is 11.0. The largest absolute Gasteiger partial charge is 0.337 e. The zero-order valence-electron chi connectivity index (χ0n) is 11.5. The number of rotatable bonds is 7. The molecule has 0 aromatic carbocycles. The van der Waals surface area contributed by atoms with Crippen LogP contribution in [-0.2, 0) is 6.54 Å². The normalized spacial score (nSPS) is 23.9. The molecule has 2 rings (SSSR count). The second-order valence-electron chi connectivity index (χ2n) is 5.28. The maximum atomic E-state index is 5.88. The summed E-state index contributed by atoms with van der Waals surface area (Å²) >= 11 is 0. The highest BCUT2D eigenvalue weighted by Crippen LogP contribution is 2.29. The molecule has 0 aliphatic heterocycles. The Labute approximate surface area is 110 Å². The van der Waals surface area contributed by atoms with Crippen LogP contribution in [0.25, 0.3) is 0 Å². The molecule has 1 aromatic heterocycles. The molecule has 4 heteroatoms. The van der Waals surface area contributed by atoms with E-state index in [0.29, 0.717) is 0 Å². The average Bonchev–Trinajstić information content (AvgIpc) is 3.05. The van der Waals surface area contributed by atoms with E-state index in [1.54, 1.807) is 0 Å². The predicted molar refractivity (Wildman–Crippen MR) is 74.3 cm³/mol. The van der Waals surface area contributed by atoms with Gasteiger partial charge in [-0.1, -0.05) is 13.3 Å². The minimum Gasteiger partial charge on any atom is -0.337 e. The van der Waals surface area contributed by atoms with Crippen LogP contribution in [0.2, 0.25) is 0 Å². The highest BCUT2D eigenvalue weighted by atomic mass is 15.2. The Bertz CT molecular complexity index is 323. The van der Waals surface area contributed by atoms with Gasteiger partial charge in [-0.2, -0.15) is 0 Å². The van der Waals surface area contributed by atoms with Crippen LogP contribution < -0.4 is 5.73 Å². The first-order chi connectivity index (χ1) is 8.85.